The number of amides is 1. The summed E-state index contributed by atoms with van der Waals surface area (Å²) in [7, 11) is 0. The van der Waals surface area contributed by atoms with E-state index in [0.29, 0.717) is 5.69 Å². The average molecular weight is 318 g/mol. The molecule has 4 heteroatoms. The van der Waals surface area contributed by atoms with E-state index in [9.17, 15) is 9.90 Å². The maximum atomic E-state index is 12.3. The Morgan fingerprint density at radius 1 is 0.917 bits per heavy atom. The summed E-state index contributed by atoms with van der Waals surface area (Å²) >= 11 is 0. The Morgan fingerprint density at radius 3 is 2.42 bits per heavy atom. The molecule has 0 bridgehead atoms. The topological polar surface area (TPSA) is 75.3 Å². The number of hydrogen-bond acceptors (Lipinski definition) is 3. The number of nitrogens with one attached hydrogen (secondary N) is 1. The molecular formula is C20H18N2O2. The fraction of sp³-hybridized carbons (Fsp3) is 0.0500. The molecule has 1 amide bonds. The number of rotatable bonds is 4. The Hall–Kier alpha value is -3.27. The zero-order chi connectivity index (χ0) is 16.9. The zero-order valence-electron chi connectivity index (χ0n) is 13.1. The lowest BCUT2D eigenvalue weighted by Gasteiger charge is -2.09. The number of nitrogen functional groups attached to an aromatic ring is 1. The van der Waals surface area contributed by atoms with Gasteiger partial charge in [0, 0.05) is 11.4 Å². The maximum Gasteiger partial charge on any atom is 0.259 e. The number of para-hydroxylation sites is 1. The van der Waals surface area contributed by atoms with Crippen molar-refractivity contribution >= 4 is 17.3 Å². The first-order chi connectivity index (χ1) is 11.6. The maximum absolute atomic E-state index is 12.3. The fourth-order valence-electron chi connectivity index (χ4n) is 2.49. The summed E-state index contributed by atoms with van der Waals surface area (Å²) in [6.45, 7) is 0. The lowest BCUT2D eigenvalue weighted by molar-refractivity contribution is 0.102. The summed E-state index contributed by atoms with van der Waals surface area (Å²) in [5, 5.41) is 12.6. The van der Waals surface area contributed by atoms with Gasteiger partial charge in [0.25, 0.3) is 5.91 Å². The minimum atomic E-state index is -0.335. The van der Waals surface area contributed by atoms with E-state index in [2.05, 4.69) is 5.32 Å². The van der Waals surface area contributed by atoms with Gasteiger partial charge in [0.1, 0.15) is 5.75 Å². The second-order valence-corrected chi connectivity index (χ2v) is 5.59. The lowest BCUT2D eigenvalue weighted by Crippen LogP contribution is -2.12. The molecule has 4 N–H and O–H groups in total. The Kier molecular flexibility index (Phi) is 4.47. The van der Waals surface area contributed by atoms with Crippen molar-refractivity contribution in [3.8, 4) is 5.75 Å². The molecule has 0 saturated carbocycles. The van der Waals surface area contributed by atoms with E-state index in [4.69, 9.17) is 5.73 Å². The second kappa shape index (κ2) is 6.87. The van der Waals surface area contributed by atoms with E-state index in [1.807, 2.05) is 48.5 Å². The SMILES string of the molecule is Nc1ccc(Cc2cccc(NC(=O)c3ccccc3O)c2)cc1. The Bertz CT molecular complexity index is 858. The van der Waals surface area contributed by atoms with Gasteiger partial charge in [-0.3, -0.25) is 4.79 Å². The van der Waals surface area contributed by atoms with Crippen LogP contribution in [0.25, 0.3) is 0 Å². The van der Waals surface area contributed by atoms with Crippen molar-refractivity contribution in [1.82, 2.24) is 0 Å². The highest BCUT2D eigenvalue weighted by molar-refractivity contribution is 6.06. The standard InChI is InChI=1S/C20H18N2O2/c21-16-10-8-14(9-11-16)12-15-4-3-5-17(13-15)22-20(24)18-6-1-2-7-19(18)23/h1-11,13,23H,12,21H2,(H,22,24). The van der Waals surface area contributed by atoms with Gasteiger partial charge in [0.15, 0.2) is 0 Å². The van der Waals surface area contributed by atoms with Crippen molar-refractivity contribution in [3.05, 3.63) is 89.5 Å². The van der Waals surface area contributed by atoms with Crippen molar-refractivity contribution < 1.29 is 9.90 Å². The van der Waals surface area contributed by atoms with E-state index >= 15 is 0 Å². The number of phenols is 1. The molecule has 0 saturated heterocycles. The van der Waals surface area contributed by atoms with E-state index in [1.54, 1.807) is 18.2 Å². The lowest BCUT2D eigenvalue weighted by atomic mass is 10.0. The monoisotopic (exact) mass is 318 g/mol. The van der Waals surface area contributed by atoms with Crippen molar-refractivity contribution in [2.75, 3.05) is 11.1 Å². The Balaban J connectivity index is 1.74. The minimum absolute atomic E-state index is 0.0342. The van der Waals surface area contributed by atoms with E-state index in [0.717, 1.165) is 23.2 Å². The molecule has 0 unspecified atom stereocenters. The highest BCUT2D eigenvalue weighted by atomic mass is 16.3. The molecule has 4 nitrogen and oxygen atoms in total. The normalized spacial score (nSPS) is 10.3. The van der Waals surface area contributed by atoms with Crippen molar-refractivity contribution in [2.24, 2.45) is 0 Å². The molecule has 0 aromatic heterocycles. The number of carbonyl (C=O) groups excluding carboxylic acids is 1. The number of anilines is 2. The molecule has 24 heavy (non-hydrogen) atoms. The molecule has 0 atom stereocenters. The van der Waals surface area contributed by atoms with Crippen LogP contribution in [0.2, 0.25) is 0 Å². The summed E-state index contributed by atoms with van der Waals surface area (Å²) in [5.74, 6) is -0.370. The number of carbonyl (C=O) groups is 1. The van der Waals surface area contributed by atoms with Gasteiger partial charge >= 0.3 is 0 Å². The molecule has 3 rings (SSSR count). The predicted molar refractivity (Wildman–Crippen MR) is 96.2 cm³/mol. The van der Waals surface area contributed by atoms with Crippen molar-refractivity contribution in [3.63, 3.8) is 0 Å². The molecule has 0 spiro atoms. The molecule has 120 valence electrons. The first-order valence-electron chi connectivity index (χ1n) is 7.64. The quantitative estimate of drug-likeness (QED) is 0.640. The highest BCUT2D eigenvalue weighted by Crippen LogP contribution is 2.19. The molecular weight excluding hydrogens is 300 g/mol. The Morgan fingerprint density at radius 2 is 1.67 bits per heavy atom. The largest absolute Gasteiger partial charge is 0.507 e. The van der Waals surface area contributed by atoms with E-state index in [1.165, 1.54) is 6.07 Å². The van der Waals surface area contributed by atoms with Gasteiger partial charge in [-0.1, -0.05) is 36.4 Å². The van der Waals surface area contributed by atoms with Crippen LogP contribution in [0.4, 0.5) is 11.4 Å². The smallest absolute Gasteiger partial charge is 0.259 e. The number of hydrogen-bond donors (Lipinski definition) is 3. The summed E-state index contributed by atoms with van der Waals surface area (Å²) in [4.78, 5) is 12.3. The molecule has 3 aromatic rings. The highest BCUT2D eigenvalue weighted by Gasteiger charge is 2.10. The summed E-state index contributed by atoms with van der Waals surface area (Å²) in [6, 6.07) is 21.8. The van der Waals surface area contributed by atoms with Crippen LogP contribution < -0.4 is 11.1 Å². The van der Waals surface area contributed by atoms with Crippen LogP contribution in [0.3, 0.4) is 0 Å². The predicted octanol–water partition coefficient (Wildman–Crippen LogP) is 3.82. The van der Waals surface area contributed by atoms with Crippen molar-refractivity contribution in [2.45, 2.75) is 6.42 Å². The second-order valence-electron chi connectivity index (χ2n) is 5.59. The molecule has 3 aromatic carbocycles. The molecule has 0 aliphatic heterocycles. The third-order valence-corrected chi connectivity index (χ3v) is 3.72. The van der Waals surface area contributed by atoms with Gasteiger partial charge in [-0.2, -0.15) is 0 Å². The van der Waals surface area contributed by atoms with E-state index in [-0.39, 0.29) is 17.2 Å². The number of benzene rings is 3. The number of phenolic OH excluding ortho intramolecular Hbond substituents is 1. The first kappa shape index (κ1) is 15.6. The van der Waals surface area contributed by atoms with Crippen LogP contribution in [-0.4, -0.2) is 11.0 Å². The van der Waals surface area contributed by atoms with Crippen molar-refractivity contribution in [1.29, 1.82) is 0 Å². The van der Waals surface area contributed by atoms with Crippen LogP contribution in [0.15, 0.2) is 72.8 Å². The summed E-state index contributed by atoms with van der Waals surface area (Å²) in [6.07, 6.45) is 0.751. The fourth-order valence-corrected chi connectivity index (χ4v) is 2.49. The van der Waals surface area contributed by atoms with Gasteiger partial charge in [0.05, 0.1) is 5.56 Å². The average Bonchev–Trinajstić information content (AvgIpc) is 2.58. The minimum Gasteiger partial charge on any atom is -0.507 e. The molecule has 0 heterocycles. The molecule has 0 aliphatic rings. The first-order valence-corrected chi connectivity index (χ1v) is 7.64. The van der Waals surface area contributed by atoms with Crippen LogP contribution in [0, 0.1) is 0 Å². The van der Waals surface area contributed by atoms with Crippen LogP contribution in [0.5, 0.6) is 5.75 Å². The van der Waals surface area contributed by atoms with Gasteiger partial charge in [-0.15, -0.1) is 0 Å². The van der Waals surface area contributed by atoms with E-state index < -0.39 is 0 Å². The third-order valence-electron chi connectivity index (χ3n) is 3.72. The summed E-state index contributed by atoms with van der Waals surface area (Å²) < 4.78 is 0. The number of nitrogens with two attached hydrogens (primary N) is 1. The van der Waals surface area contributed by atoms with Gasteiger partial charge in [-0.05, 0) is 53.9 Å². The zero-order valence-corrected chi connectivity index (χ0v) is 13.1. The van der Waals surface area contributed by atoms with Gasteiger partial charge in [-0.25, -0.2) is 0 Å². The Labute approximate surface area is 140 Å². The summed E-state index contributed by atoms with van der Waals surface area (Å²) in [5.41, 5.74) is 9.60. The van der Waals surface area contributed by atoms with Gasteiger partial charge in [0.2, 0.25) is 0 Å². The van der Waals surface area contributed by atoms with Gasteiger partial charge < -0.3 is 16.2 Å². The molecule has 0 fully saturated rings. The third kappa shape index (κ3) is 3.73. The van der Waals surface area contributed by atoms with Crippen LogP contribution in [-0.2, 0) is 6.42 Å². The van der Waals surface area contributed by atoms with Crippen LogP contribution >= 0.6 is 0 Å². The number of aromatic hydroxyl groups is 1. The van der Waals surface area contributed by atoms with Crippen LogP contribution in [0.1, 0.15) is 21.5 Å². The molecule has 0 radical (unpaired) electrons. The molecule has 0 aliphatic carbocycles.